The van der Waals surface area contributed by atoms with Gasteiger partial charge in [0.1, 0.15) is 0 Å². The van der Waals surface area contributed by atoms with E-state index >= 15 is 0 Å². The summed E-state index contributed by atoms with van der Waals surface area (Å²) in [5, 5.41) is 0.292. The predicted molar refractivity (Wildman–Crippen MR) is 54.6 cm³/mol. The number of carbonyl (C=O) groups is 2. The van der Waals surface area contributed by atoms with Crippen molar-refractivity contribution in [2.24, 2.45) is 11.7 Å². The van der Waals surface area contributed by atoms with Crippen molar-refractivity contribution < 1.29 is 14.3 Å². The highest BCUT2D eigenvalue weighted by atomic mass is 32.2. The first kappa shape index (κ1) is 14.8. The van der Waals surface area contributed by atoms with E-state index in [1.54, 1.807) is 0 Å². The van der Waals surface area contributed by atoms with Crippen molar-refractivity contribution in [1.29, 1.82) is 0 Å². The number of nitrogens with two attached hydrogens (primary N) is 1. The largest absolute Gasteiger partial charge is 0.453 e. The standard InChI is InChI=1S/C6H12OS.C2H5NO2/c1-5(2)4-6(7)8-3;1-5-2(3)4/h5H,4H2,1-3H3;1H3,(H2,3,4). The Kier molecular flexibility index (Phi) is 10.7. The Morgan fingerprint density at radius 3 is 1.92 bits per heavy atom. The van der Waals surface area contributed by atoms with Crippen LogP contribution in [-0.4, -0.2) is 24.6 Å². The zero-order valence-corrected chi connectivity index (χ0v) is 9.31. The maximum atomic E-state index is 10.6. The first-order chi connectivity index (χ1) is 5.93. The molecule has 5 heteroatoms. The normalized spacial score (nSPS) is 8.69. The highest BCUT2D eigenvalue weighted by Crippen LogP contribution is 2.06. The molecule has 0 bridgehead atoms. The summed E-state index contributed by atoms with van der Waals surface area (Å²) in [5.74, 6) is 0.509. The quantitative estimate of drug-likeness (QED) is 0.747. The SMILES string of the molecule is COC(N)=O.CSC(=O)CC(C)C. The molecule has 0 radical (unpaired) electrons. The highest BCUT2D eigenvalue weighted by molar-refractivity contribution is 8.13. The van der Waals surface area contributed by atoms with Gasteiger partial charge in [-0.3, -0.25) is 4.79 Å². The number of rotatable bonds is 2. The van der Waals surface area contributed by atoms with Gasteiger partial charge in [-0.1, -0.05) is 25.6 Å². The summed E-state index contributed by atoms with van der Waals surface area (Å²) in [6.07, 6.45) is 1.79. The van der Waals surface area contributed by atoms with Crippen LogP contribution >= 0.6 is 11.8 Å². The summed E-state index contributed by atoms with van der Waals surface area (Å²) in [7, 11) is 1.22. The Morgan fingerprint density at radius 1 is 1.46 bits per heavy atom. The second-order valence-corrected chi connectivity index (χ2v) is 3.56. The fourth-order valence-electron chi connectivity index (χ4n) is 0.417. The Morgan fingerprint density at radius 2 is 1.85 bits per heavy atom. The lowest BCUT2D eigenvalue weighted by Crippen LogP contribution is -2.08. The van der Waals surface area contributed by atoms with Crippen LogP contribution in [-0.2, 0) is 9.53 Å². The van der Waals surface area contributed by atoms with Gasteiger partial charge in [0.05, 0.1) is 7.11 Å². The first-order valence-electron chi connectivity index (χ1n) is 3.84. The summed E-state index contributed by atoms with van der Waals surface area (Å²) in [5.41, 5.74) is 4.43. The molecule has 0 spiro atoms. The van der Waals surface area contributed by atoms with Crippen molar-refractivity contribution in [3.05, 3.63) is 0 Å². The average molecular weight is 207 g/mol. The van der Waals surface area contributed by atoms with Gasteiger partial charge in [-0.25, -0.2) is 4.79 Å². The molecule has 0 aliphatic heterocycles. The second kappa shape index (κ2) is 9.38. The third kappa shape index (κ3) is 18.3. The van der Waals surface area contributed by atoms with Gasteiger partial charge in [-0.05, 0) is 12.2 Å². The number of thioether (sulfide) groups is 1. The molecule has 13 heavy (non-hydrogen) atoms. The lowest BCUT2D eigenvalue weighted by Gasteiger charge is -1.98. The van der Waals surface area contributed by atoms with Crippen molar-refractivity contribution in [2.75, 3.05) is 13.4 Å². The number of hydrogen-bond acceptors (Lipinski definition) is 4. The van der Waals surface area contributed by atoms with E-state index < -0.39 is 6.09 Å². The van der Waals surface area contributed by atoms with E-state index in [2.05, 4.69) is 10.5 Å². The molecule has 0 aromatic carbocycles. The minimum atomic E-state index is -0.745. The third-order valence-electron chi connectivity index (χ3n) is 1.00. The van der Waals surface area contributed by atoms with E-state index in [9.17, 15) is 9.59 Å². The number of methoxy groups -OCH3 is 1. The summed E-state index contributed by atoms with van der Waals surface area (Å²) < 4.78 is 3.89. The highest BCUT2D eigenvalue weighted by Gasteiger charge is 2.00. The average Bonchev–Trinajstić information content (AvgIpc) is 2.04. The third-order valence-corrected chi connectivity index (χ3v) is 1.63. The molecule has 0 rings (SSSR count). The molecule has 0 atom stereocenters. The molecule has 0 aromatic heterocycles. The van der Waals surface area contributed by atoms with Gasteiger partial charge < -0.3 is 10.5 Å². The molecule has 0 heterocycles. The van der Waals surface area contributed by atoms with Crippen molar-refractivity contribution >= 4 is 23.0 Å². The molecule has 0 saturated carbocycles. The predicted octanol–water partition coefficient (Wildman–Crippen LogP) is 1.63. The van der Waals surface area contributed by atoms with Crippen molar-refractivity contribution in [3.63, 3.8) is 0 Å². The minimum absolute atomic E-state index is 0.292. The van der Waals surface area contributed by atoms with E-state index in [0.717, 1.165) is 0 Å². The fourth-order valence-corrected chi connectivity index (χ4v) is 0.917. The zero-order chi connectivity index (χ0) is 10.9. The van der Waals surface area contributed by atoms with Crippen molar-refractivity contribution in [3.8, 4) is 0 Å². The van der Waals surface area contributed by atoms with Crippen molar-refractivity contribution in [2.45, 2.75) is 20.3 Å². The van der Waals surface area contributed by atoms with E-state index in [0.29, 0.717) is 17.5 Å². The van der Waals surface area contributed by atoms with E-state index in [1.807, 2.05) is 20.1 Å². The van der Waals surface area contributed by atoms with Crippen LogP contribution < -0.4 is 5.73 Å². The summed E-state index contributed by atoms with van der Waals surface area (Å²) in [6.45, 7) is 4.10. The van der Waals surface area contributed by atoms with E-state index in [4.69, 9.17) is 0 Å². The molecule has 0 aliphatic rings. The molecule has 0 saturated heterocycles. The van der Waals surface area contributed by atoms with Gasteiger partial charge in [-0.15, -0.1) is 0 Å². The molecule has 0 fully saturated rings. The summed E-state index contributed by atoms with van der Waals surface area (Å²) >= 11 is 1.31. The molecule has 4 nitrogen and oxygen atoms in total. The molecule has 0 aliphatic carbocycles. The number of amides is 1. The van der Waals surface area contributed by atoms with E-state index in [1.165, 1.54) is 18.9 Å². The van der Waals surface area contributed by atoms with Crippen LogP contribution in [0.25, 0.3) is 0 Å². The van der Waals surface area contributed by atoms with Gasteiger partial charge in [-0.2, -0.15) is 0 Å². The Balaban J connectivity index is 0. The lowest BCUT2D eigenvalue weighted by molar-refractivity contribution is -0.111. The van der Waals surface area contributed by atoms with Gasteiger partial charge in [0, 0.05) is 6.42 Å². The van der Waals surface area contributed by atoms with Crippen molar-refractivity contribution in [1.82, 2.24) is 0 Å². The maximum Gasteiger partial charge on any atom is 0.404 e. The molecular weight excluding hydrogens is 190 g/mol. The van der Waals surface area contributed by atoms with Crippen LogP contribution in [0.3, 0.4) is 0 Å². The Bertz CT molecular complexity index is 159. The monoisotopic (exact) mass is 207 g/mol. The number of hydrogen-bond donors (Lipinski definition) is 1. The number of primary amides is 1. The van der Waals surface area contributed by atoms with Crippen LogP contribution in [0, 0.1) is 5.92 Å². The molecule has 78 valence electrons. The molecule has 2 N–H and O–H groups in total. The topological polar surface area (TPSA) is 69.4 Å². The molecule has 0 aromatic rings. The van der Waals surface area contributed by atoms with Crippen LogP contribution in [0.15, 0.2) is 0 Å². The van der Waals surface area contributed by atoms with Gasteiger partial charge >= 0.3 is 6.09 Å². The zero-order valence-electron chi connectivity index (χ0n) is 8.49. The van der Waals surface area contributed by atoms with Crippen LogP contribution in [0.2, 0.25) is 0 Å². The van der Waals surface area contributed by atoms with Crippen LogP contribution in [0.4, 0.5) is 4.79 Å². The molecule has 1 amide bonds. The number of carbonyl (C=O) groups excluding carboxylic acids is 2. The second-order valence-electron chi connectivity index (χ2n) is 2.70. The smallest absolute Gasteiger partial charge is 0.404 e. The first-order valence-corrected chi connectivity index (χ1v) is 5.06. The molecular formula is C8H17NO3S. The fraction of sp³-hybridized carbons (Fsp3) is 0.750. The Labute approximate surface area is 83.2 Å². The number of ether oxygens (including phenoxy) is 1. The van der Waals surface area contributed by atoms with E-state index in [-0.39, 0.29) is 0 Å². The van der Waals surface area contributed by atoms with Crippen LogP contribution in [0.5, 0.6) is 0 Å². The van der Waals surface area contributed by atoms with Gasteiger partial charge in [0.2, 0.25) is 0 Å². The summed E-state index contributed by atoms with van der Waals surface area (Å²) in [4.78, 5) is 20.0. The molecule has 0 unspecified atom stereocenters. The summed E-state index contributed by atoms with van der Waals surface area (Å²) in [6, 6.07) is 0. The Hall–Kier alpha value is -0.710. The lowest BCUT2D eigenvalue weighted by atomic mass is 10.2. The maximum absolute atomic E-state index is 10.6. The van der Waals surface area contributed by atoms with Crippen LogP contribution in [0.1, 0.15) is 20.3 Å². The van der Waals surface area contributed by atoms with Gasteiger partial charge in [0.15, 0.2) is 5.12 Å². The van der Waals surface area contributed by atoms with Gasteiger partial charge in [0.25, 0.3) is 0 Å². The minimum Gasteiger partial charge on any atom is -0.453 e.